The summed E-state index contributed by atoms with van der Waals surface area (Å²) in [4.78, 5) is 26.0. The average molecular weight is 403 g/mol. The number of rotatable bonds is 5. The van der Waals surface area contributed by atoms with Gasteiger partial charge >= 0.3 is 0 Å². The van der Waals surface area contributed by atoms with Crippen molar-refractivity contribution in [2.24, 2.45) is 0 Å². The molecule has 0 aliphatic carbocycles. The van der Waals surface area contributed by atoms with Crippen LogP contribution in [0.5, 0.6) is 5.75 Å². The Balaban J connectivity index is 1.64. The van der Waals surface area contributed by atoms with Crippen LogP contribution in [0.1, 0.15) is 19.8 Å². The van der Waals surface area contributed by atoms with E-state index in [0.717, 1.165) is 23.1 Å². The molecule has 0 bridgehead atoms. The molecule has 5 nitrogen and oxygen atoms in total. The normalized spacial score (nSPS) is 15.1. The van der Waals surface area contributed by atoms with Crippen molar-refractivity contribution in [3.63, 3.8) is 0 Å². The summed E-state index contributed by atoms with van der Waals surface area (Å²) in [5, 5.41) is 2.84. The number of benzene rings is 2. The van der Waals surface area contributed by atoms with Gasteiger partial charge < -0.3 is 15.0 Å². The Labute approximate surface area is 155 Å². The van der Waals surface area contributed by atoms with Gasteiger partial charge in [0.2, 0.25) is 5.91 Å². The fourth-order valence-electron chi connectivity index (χ4n) is 2.69. The van der Waals surface area contributed by atoms with E-state index in [-0.39, 0.29) is 11.8 Å². The average Bonchev–Trinajstić information content (AvgIpc) is 3.03. The third kappa shape index (κ3) is 4.39. The highest BCUT2D eigenvalue weighted by molar-refractivity contribution is 9.10. The summed E-state index contributed by atoms with van der Waals surface area (Å²) < 4.78 is 6.60. The number of hydrogen-bond acceptors (Lipinski definition) is 3. The second-order valence-electron chi connectivity index (χ2n) is 5.90. The van der Waals surface area contributed by atoms with Gasteiger partial charge in [0, 0.05) is 28.8 Å². The van der Waals surface area contributed by atoms with Crippen LogP contribution in [0.25, 0.3) is 0 Å². The maximum Gasteiger partial charge on any atom is 0.265 e. The highest BCUT2D eigenvalue weighted by atomic mass is 79.9. The smallest absolute Gasteiger partial charge is 0.265 e. The molecule has 1 aliphatic rings. The van der Waals surface area contributed by atoms with E-state index in [2.05, 4.69) is 21.2 Å². The molecule has 0 spiro atoms. The van der Waals surface area contributed by atoms with Crippen LogP contribution in [0.3, 0.4) is 0 Å². The molecule has 25 heavy (non-hydrogen) atoms. The van der Waals surface area contributed by atoms with Gasteiger partial charge in [-0.1, -0.05) is 22.0 Å². The summed E-state index contributed by atoms with van der Waals surface area (Å²) in [5.74, 6) is 0.505. The first-order valence-electron chi connectivity index (χ1n) is 8.16. The van der Waals surface area contributed by atoms with Crippen molar-refractivity contribution in [2.45, 2.75) is 25.9 Å². The van der Waals surface area contributed by atoms with Crippen molar-refractivity contribution >= 4 is 39.1 Å². The SMILES string of the molecule is C[C@@H](Oc1ccc(Br)cc1)C(=O)Nc1cccc(N2CCCC2=O)c1. The zero-order chi connectivity index (χ0) is 17.8. The minimum Gasteiger partial charge on any atom is -0.481 e. The minimum atomic E-state index is -0.641. The molecule has 2 aromatic carbocycles. The van der Waals surface area contributed by atoms with Crippen molar-refractivity contribution in [2.75, 3.05) is 16.8 Å². The molecule has 0 saturated carbocycles. The van der Waals surface area contributed by atoms with Crippen LogP contribution < -0.4 is 15.0 Å². The van der Waals surface area contributed by atoms with Crippen molar-refractivity contribution in [1.82, 2.24) is 0 Å². The Hall–Kier alpha value is -2.34. The van der Waals surface area contributed by atoms with Crippen LogP contribution in [-0.2, 0) is 9.59 Å². The molecule has 6 heteroatoms. The van der Waals surface area contributed by atoms with E-state index < -0.39 is 6.10 Å². The molecule has 130 valence electrons. The number of hydrogen-bond donors (Lipinski definition) is 1. The first-order valence-corrected chi connectivity index (χ1v) is 8.96. The van der Waals surface area contributed by atoms with Gasteiger partial charge in [-0.15, -0.1) is 0 Å². The number of ether oxygens (including phenoxy) is 1. The molecule has 2 amide bonds. The van der Waals surface area contributed by atoms with E-state index >= 15 is 0 Å². The van der Waals surface area contributed by atoms with E-state index in [0.29, 0.717) is 17.9 Å². The van der Waals surface area contributed by atoms with Gasteiger partial charge in [0.15, 0.2) is 6.10 Å². The molecule has 0 aromatic heterocycles. The first-order chi connectivity index (χ1) is 12.0. The van der Waals surface area contributed by atoms with Crippen LogP contribution in [0, 0.1) is 0 Å². The minimum absolute atomic E-state index is 0.121. The molecule has 1 atom stereocenters. The number of amides is 2. The van der Waals surface area contributed by atoms with E-state index in [1.165, 1.54) is 0 Å². The molecule has 1 saturated heterocycles. The van der Waals surface area contributed by atoms with Gasteiger partial charge in [-0.2, -0.15) is 0 Å². The fraction of sp³-hybridized carbons (Fsp3) is 0.263. The van der Waals surface area contributed by atoms with Gasteiger partial charge in [0.25, 0.3) is 5.91 Å². The lowest BCUT2D eigenvalue weighted by Crippen LogP contribution is -2.30. The number of carbonyl (C=O) groups excluding carboxylic acids is 2. The fourth-order valence-corrected chi connectivity index (χ4v) is 2.95. The summed E-state index contributed by atoms with van der Waals surface area (Å²) in [6, 6.07) is 14.6. The predicted octanol–water partition coefficient (Wildman–Crippen LogP) is 3.98. The zero-order valence-corrected chi connectivity index (χ0v) is 15.5. The van der Waals surface area contributed by atoms with Crippen LogP contribution in [-0.4, -0.2) is 24.5 Å². The summed E-state index contributed by atoms with van der Waals surface area (Å²) in [6.07, 6.45) is 0.806. The molecule has 0 unspecified atom stereocenters. The molecular weight excluding hydrogens is 384 g/mol. The number of halogens is 1. The van der Waals surface area contributed by atoms with Crippen LogP contribution >= 0.6 is 15.9 Å². The van der Waals surface area contributed by atoms with Gasteiger partial charge in [0.05, 0.1) is 0 Å². The molecule has 1 fully saturated rings. The number of carbonyl (C=O) groups is 2. The van der Waals surface area contributed by atoms with Gasteiger partial charge in [-0.25, -0.2) is 0 Å². The van der Waals surface area contributed by atoms with Crippen LogP contribution in [0.2, 0.25) is 0 Å². The second kappa shape index (κ2) is 7.70. The monoisotopic (exact) mass is 402 g/mol. The molecule has 0 radical (unpaired) electrons. The van der Waals surface area contributed by atoms with Crippen molar-refractivity contribution in [3.05, 3.63) is 53.0 Å². The lowest BCUT2D eigenvalue weighted by Gasteiger charge is -2.18. The van der Waals surface area contributed by atoms with Gasteiger partial charge in [-0.3, -0.25) is 9.59 Å². The van der Waals surface area contributed by atoms with Crippen molar-refractivity contribution < 1.29 is 14.3 Å². The Kier molecular flexibility index (Phi) is 5.38. The van der Waals surface area contributed by atoms with Crippen molar-refractivity contribution in [1.29, 1.82) is 0 Å². The highest BCUT2D eigenvalue weighted by Crippen LogP contribution is 2.24. The molecule has 2 aromatic rings. The van der Waals surface area contributed by atoms with Gasteiger partial charge in [-0.05, 0) is 55.8 Å². The third-order valence-electron chi connectivity index (χ3n) is 3.99. The number of nitrogens with one attached hydrogen (secondary N) is 1. The van der Waals surface area contributed by atoms with E-state index in [9.17, 15) is 9.59 Å². The van der Waals surface area contributed by atoms with Crippen LogP contribution in [0.15, 0.2) is 53.0 Å². The maximum absolute atomic E-state index is 12.4. The molecule has 1 heterocycles. The Morgan fingerprint density at radius 2 is 2.00 bits per heavy atom. The molecule has 3 rings (SSSR count). The quantitative estimate of drug-likeness (QED) is 0.822. The predicted molar refractivity (Wildman–Crippen MR) is 101 cm³/mol. The largest absolute Gasteiger partial charge is 0.481 e. The number of anilines is 2. The molecule has 1 aliphatic heterocycles. The lowest BCUT2D eigenvalue weighted by atomic mass is 10.2. The summed E-state index contributed by atoms with van der Waals surface area (Å²) >= 11 is 3.36. The summed E-state index contributed by atoms with van der Waals surface area (Å²) in [6.45, 7) is 2.42. The topological polar surface area (TPSA) is 58.6 Å². The zero-order valence-electron chi connectivity index (χ0n) is 13.9. The Bertz CT molecular complexity index is 776. The number of nitrogens with zero attached hydrogens (tertiary/aromatic N) is 1. The van der Waals surface area contributed by atoms with E-state index in [4.69, 9.17) is 4.74 Å². The summed E-state index contributed by atoms with van der Waals surface area (Å²) in [7, 11) is 0. The Morgan fingerprint density at radius 1 is 1.24 bits per heavy atom. The third-order valence-corrected chi connectivity index (χ3v) is 4.52. The maximum atomic E-state index is 12.4. The van der Waals surface area contributed by atoms with E-state index in [1.807, 2.05) is 30.3 Å². The first kappa shape index (κ1) is 17.5. The van der Waals surface area contributed by atoms with Crippen molar-refractivity contribution in [3.8, 4) is 5.75 Å². The molecular formula is C19H19BrN2O3. The highest BCUT2D eigenvalue weighted by Gasteiger charge is 2.22. The lowest BCUT2D eigenvalue weighted by molar-refractivity contribution is -0.122. The Morgan fingerprint density at radius 3 is 2.68 bits per heavy atom. The summed E-state index contributed by atoms with van der Waals surface area (Å²) in [5.41, 5.74) is 1.45. The van der Waals surface area contributed by atoms with Gasteiger partial charge in [0.1, 0.15) is 5.75 Å². The molecule has 1 N–H and O–H groups in total. The second-order valence-corrected chi connectivity index (χ2v) is 6.82. The van der Waals surface area contributed by atoms with Crippen LogP contribution in [0.4, 0.5) is 11.4 Å². The van der Waals surface area contributed by atoms with E-state index in [1.54, 1.807) is 30.0 Å². The standard InChI is InChI=1S/C19H19BrN2O3/c1-13(25-17-9-7-14(20)8-10-17)19(24)21-15-4-2-5-16(12-15)22-11-3-6-18(22)23/h2,4-5,7-10,12-13H,3,6,11H2,1H3,(H,21,24)/t13-/m1/s1.